The van der Waals surface area contributed by atoms with Gasteiger partial charge in [0.2, 0.25) is 0 Å². The van der Waals surface area contributed by atoms with Crippen LogP contribution < -0.4 is 10.6 Å². The average Bonchev–Trinajstić information content (AvgIpc) is 3.30. The summed E-state index contributed by atoms with van der Waals surface area (Å²) >= 11 is 4.84. The number of benzene rings is 1. The molecule has 0 unspecified atom stereocenters. The monoisotopic (exact) mass is 461 g/mol. The average molecular weight is 462 g/mol. The zero-order valence-electron chi connectivity index (χ0n) is 15.3. The van der Waals surface area contributed by atoms with Crippen molar-refractivity contribution < 1.29 is 14.0 Å². The number of hydrogen-bond acceptors (Lipinski definition) is 5. The van der Waals surface area contributed by atoms with Crippen LogP contribution in [0.2, 0.25) is 0 Å². The molecule has 0 aliphatic rings. The molecular formula is C20H20BrN3O3S. The maximum absolute atomic E-state index is 12.3. The first-order valence-electron chi connectivity index (χ1n) is 8.87. The number of halogens is 1. The number of nitrogens with one attached hydrogen (secondary N) is 2. The molecule has 0 bridgehead atoms. The van der Waals surface area contributed by atoms with E-state index in [0.717, 1.165) is 30.0 Å². The molecule has 3 aromatic rings. The quantitative estimate of drug-likeness (QED) is 0.471. The standard InChI is InChI=1S/C20H20BrN3O3S/c1-13-12-28-18(23-13)7-2-3-10-22-19(25)14-5-4-6-15(11-14)24-20(26)16-8-9-17(21)27-16/h4-6,8-9,11-12H,2-3,7,10H2,1H3,(H,22,25)(H,24,26). The predicted molar refractivity (Wildman–Crippen MR) is 113 cm³/mol. The third-order valence-corrected chi connectivity index (χ3v) is 5.40. The lowest BCUT2D eigenvalue weighted by atomic mass is 10.1. The van der Waals surface area contributed by atoms with Crippen LogP contribution in [0.25, 0.3) is 0 Å². The highest BCUT2D eigenvalue weighted by Gasteiger charge is 2.12. The van der Waals surface area contributed by atoms with Gasteiger partial charge in [0.1, 0.15) is 0 Å². The van der Waals surface area contributed by atoms with Gasteiger partial charge in [0.15, 0.2) is 10.4 Å². The normalized spacial score (nSPS) is 10.6. The molecule has 6 nitrogen and oxygen atoms in total. The Labute approximate surface area is 175 Å². The van der Waals surface area contributed by atoms with Crippen LogP contribution in [0.4, 0.5) is 5.69 Å². The van der Waals surface area contributed by atoms with E-state index in [9.17, 15) is 9.59 Å². The lowest BCUT2D eigenvalue weighted by Crippen LogP contribution is -2.24. The number of amides is 2. The van der Waals surface area contributed by atoms with E-state index in [2.05, 4.69) is 31.5 Å². The van der Waals surface area contributed by atoms with Crippen molar-refractivity contribution >= 4 is 44.8 Å². The van der Waals surface area contributed by atoms with Crippen molar-refractivity contribution in [2.24, 2.45) is 0 Å². The number of anilines is 1. The second kappa shape index (κ2) is 9.66. The third-order valence-electron chi connectivity index (χ3n) is 3.95. The number of furan rings is 1. The van der Waals surface area contributed by atoms with Gasteiger partial charge in [0.05, 0.1) is 5.01 Å². The molecule has 2 amide bonds. The minimum absolute atomic E-state index is 0.165. The highest BCUT2D eigenvalue weighted by atomic mass is 79.9. The molecule has 0 atom stereocenters. The number of thiazole rings is 1. The first-order valence-corrected chi connectivity index (χ1v) is 10.5. The van der Waals surface area contributed by atoms with Gasteiger partial charge in [-0.3, -0.25) is 9.59 Å². The molecule has 146 valence electrons. The number of aryl methyl sites for hydroxylation is 2. The molecule has 0 radical (unpaired) electrons. The lowest BCUT2D eigenvalue weighted by molar-refractivity contribution is 0.0951. The summed E-state index contributed by atoms with van der Waals surface area (Å²) in [5, 5.41) is 8.82. The van der Waals surface area contributed by atoms with Gasteiger partial charge in [-0.25, -0.2) is 4.98 Å². The minimum atomic E-state index is -0.374. The van der Waals surface area contributed by atoms with Gasteiger partial charge in [0.25, 0.3) is 11.8 Å². The largest absolute Gasteiger partial charge is 0.444 e. The molecule has 0 saturated heterocycles. The second-order valence-corrected chi connectivity index (χ2v) is 7.96. The Morgan fingerprint density at radius 2 is 2.04 bits per heavy atom. The summed E-state index contributed by atoms with van der Waals surface area (Å²) in [6, 6.07) is 10.0. The van der Waals surface area contributed by atoms with Gasteiger partial charge in [-0.2, -0.15) is 0 Å². The van der Waals surface area contributed by atoms with E-state index in [1.807, 2.05) is 12.3 Å². The Kier molecular flexibility index (Phi) is 7.00. The smallest absolute Gasteiger partial charge is 0.291 e. The van der Waals surface area contributed by atoms with Gasteiger partial charge < -0.3 is 15.1 Å². The fourth-order valence-electron chi connectivity index (χ4n) is 2.59. The molecule has 0 saturated carbocycles. The van der Waals surface area contributed by atoms with Crippen molar-refractivity contribution in [3.8, 4) is 0 Å². The SMILES string of the molecule is Cc1csc(CCCCNC(=O)c2cccc(NC(=O)c3ccc(Br)o3)c2)n1. The number of hydrogen-bond donors (Lipinski definition) is 2. The highest BCUT2D eigenvalue weighted by molar-refractivity contribution is 9.10. The van der Waals surface area contributed by atoms with E-state index in [0.29, 0.717) is 22.5 Å². The van der Waals surface area contributed by atoms with Crippen molar-refractivity contribution in [3.63, 3.8) is 0 Å². The summed E-state index contributed by atoms with van der Waals surface area (Å²) in [6.45, 7) is 2.59. The Morgan fingerprint density at radius 3 is 2.75 bits per heavy atom. The number of carbonyl (C=O) groups is 2. The number of rotatable bonds is 8. The number of unbranched alkanes of at least 4 members (excludes halogenated alkanes) is 1. The van der Waals surface area contributed by atoms with Crippen LogP contribution in [0.5, 0.6) is 0 Å². The Hall–Kier alpha value is -2.45. The van der Waals surface area contributed by atoms with Crippen LogP contribution in [-0.4, -0.2) is 23.3 Å². The van der Waals surface area contributed by atoms with Gasteiger partial charge in [-0.05, 0) is 72.4 Å². The molecule has 0 aliphatic carbocycles. The van der Waals surface area contributed by atoms with Gasteiger partial charge in [-0.1, -0.05) is 6.07 Å². The summed E-state index contributed by atoms with van der Waals surface area (Å²) < 4.78 is 5.71. The molecule has 0 fully saturated rings. The van der Waals surface area contributed by atoms with Crippen molar-refractivity contribution in [1.29, 1.82) is 0 Å². The zero-order valence-corrected chi connectivity index (χ0v) is 17.7. The number of aromatic nitrogens is 1. The van der Waals surface area contributed by atoms with E-state index in [1.54, 1.807) is 47.7 Å². The zero-order chi connectivity index (χ0) is 19.9. The van der Waals surface area contributed by atoms with Crippen molar-refractivity contribution in [1.82, 2.24) is 10.3 Å². The van der Waals surface area contributed by atoms with Crippen LogP contribution in [0.3, 0.4) is 0 Å². The summed E-state index contributed by atoms with van der Waals surface area (Å²) in [5.74, 6) is -0.347. The van der Waals surface area contributed by atoms with Crippen LogP contribution in [0.15, 0.2) is 50.9 Å². The first kappa shape index (κ1) is 20.3. The van der Waals surface area contributed by atoms with Crippen LogP contribution in [0.1, 0.15) is 44.5 Å². The van der Waals surface area contributed by atoms with E-state index in [-0.39, 0.29) is 17.6 Å². The topological polar surface area (TPSA) is 84.2 Å². The van der Waals surface area contributed by atoms with E-state index < -0.39 is 0 Å². The molecule has 1 aromatic carbocycles. The minimum Gasteiger partial charge on any atom is -0.444 e. The van der Waals surface area contributed by atoms with Crippen molar-refractivity contribution in [3.05, 3.63) is 68.5 Å². The van der Waals surface area contributed by atoms with Gasteiger partial charge in [0, 0.05) is 28.9 Å². The summed E-state index contributed by atoms with van der Waals surface area (Å²) in [5.41, 5.74) is 2.08. The van der Waals surface area contributed by atoms with Crippen molar-refractivity contribution in [2.75, 3.05) is 11.9 Å². The maximum atomic E-state index is 12.3. The lowest BCUT2D eigenvalue weighted by Gasteiger charge is -2.08. The highest BCUT2D eigenvalue weighted by Crippen LogP contribution is 2.17. The van der Waals surface area contributed by atoms with E-state index in [4.69, 9.17) is 4.42 Å². The fourth-order valence-corrected chi connectivity index (χ4v) is 3.71. The van der Waals surface area contributed by atoms with Crippen LogP contribution in [0, 0.1) is 6.92 Å². The molecule has 28 heavy (non-hydrogen) atoms. The summed E-state index contributed by atoms with van der Waals surface area (Å²) in [4.78, 5) is 28.9. The molecule has 2 heterocycles. The second-order valence-electron chi connectivity index (χ2n) is 6.23. The molecule has 0 aliphatic heterocycles. The Balaban J connectivity index is 1.46. The first-order chi connectivity index (χ1) is 13.5. The molecule has 8 heteroatoms. The van der Waals surface area contributed by atoms with Crippen LogP contribution >= 0.6 is 27.3 Å². The fraction of sp³-hybridized carbons (Fsp3) is 0.250. The Morgan fingerprint density at radius 1 is 1.18 bits per heavy atom. The number of nitrogens with zero attached hydrogens (tertiary/aromatic N) is 1. The van der Waals surface area contributed by atoms with E-state index in [1.165, 1.54) is 0 Å². The Bertz CT molecular complexity index is 967. The molecular weight excluding hydrogens is 442 g/mol. The maximum Gasteiger partial charge on any atom is 0.291 e. The van der Waals surface area contributed by atoms with Crippen LogP contribution in [-0.2, 0) is 6.42 Å². The summed E-state index contributed by atoms with van der Waals surface area (Å²) in [7, 11) is 0. The van der Waals surface area contributed by atoms with E-state index >= 15 is 0 Å². The number of carbonyl (C=O) groups excluding carboxylic acids is 2. The van der Waals surface area contributed by atoms with Gasteiger partial charge >= 0.3 is 0 Å². The van der Waals surface area contributed by atoms with Gasteiger partial charge in [-0.15, -0.1) is 11.3 Å². The molecule has 2 N–H and O–H groups in total. The molecule has 2 aromatic heterocycles. The summed E-state index contributed by atoms with van der Waals surface area (Å²) in [6.07, 6.45) is 2.79. The molecule has 3 rings (SSSR count). The van der Waals surface area contributed by atoms with Crippen molar-refractivity contribution in [2.45, 2.75) is 26.2 Å². The predicted octanol–water partition coefficient (Wildman–Crippen LogP) is 4.81. The molecule has 0 spiro atoms. The third kappa shape index (κ3) is 5.77.